The molecule has 0 aromatic heterocycles. The number of allylic oxidation sites excluding steroid dienone is 1. The highest BCUT2D eigenvalue weighted by molar-refractivity contribution is 5.81. The maximum atomic E-state index is 12.6. The highest BCUT2D eigenvalue weighted by Gasteiger charge is 2.72. The Morgan fingerprint density at radius 3 is 2.45 bits per heavy atom. The number of esters is 1. The molecule has 7 atom stereocenters. The molecule has 2 aliphatic heterocycles. The lowest BCUT2D eigenvalue weighted by molar-refractivity contribution is -0.144. The van der Waals surface area contributed by atoms with Crippen LogP contribution in [0.15, 0.2) is 11.6 Å². The van der Waals surface area contributed by atoms with Gasteiger partial charge in [0.25, 0.3) is 0 Å². The van der Waals surface area contributed by atoms with Crippen LogP contribution >= 0.6 is 0 Å². The van der Waals surface area contributed by atoms with Crippen molar-refractivity contribution < 1.29 is 33.3 Å². The molecular formula is C23H37NO7. The molecule has 1 amide bonds. The summed E-state index contributed by atoms with van der Waals surface area (Å²) in [4.78, 5) is 24.6. The third-order valence-electron chi connectivity index (χ3n) is 6.89. The van der Waals surface area contributed by atoms with Gasteiger partial charge in [0.1, 0.15) is 29.5 Å². The second-order valence-corrected chi connectivity index (χ2v) is 9.71. The van der Waals surface area contributed by atoms with E-state index < -0.39 is 29.8 Å². The van der Waals surface area contributed by atoms with E-state index in [4.69, 9.17) is 23.7 Å². The number of hydrogen-bond donors (Lipinski definition) is 1. The van der Waals surface area contributed by atoms with E-state index in [2.05, 4.69) is 32.2 Å². The molecule has 3 fully saturated rings. The smallest absolute Gasteiger partial charge is 0.408 e. The Morgan fingerprint density at radius 1 is 1.26 bits per heavy atom. The highest BCUT2D eigenvalue weighted by atomic mass is 16.6. The number of methoxy groups -OCH3 is 2. The molecule has 3 rings (SSSR count). The van der Waals surface area contributed by atoms with Crippen molar-refractivity contribution in [3.8, 4) is 0 Å². The molecule has 8 nitrogen and oxygen atoms in total. The van der Waals surface area contributed by atoms with Crippen LogP contribution < -0.4 is 5.32 Å². The molecule has 176 valence electrons. The Kier molecular flexibility index (Phi) is 7.03. The van der Waals surface area contributed by atoms with Crippen molar-refractivity contribution in [1.82, 2.24) is 5.32 Å². The summed E-state index contributed by atoms with van der Waals surface area (Å²) in [5, 5.41) is 2.64. The fraction of sp³-hybridized carbons (Fsp3) is 0.826. The predicted molar refractivity (Wildman–Crippen MR) is 114 cm³/mol. The topological polar surface area (TPSA) is 98.9 Å². The van der Waals surface area contributed by atoms with Gasteiger partial charge in [-0.3, -0.25) is 0 Å². The van der Waals surface area contributed by atoms with Gasteiger partial charge in [0.2, 0.25) is 0 Å². The molecule has 1 spiro atoms. The molecule has 1 N–H and O–H groups in total. The number of epoxide rings is 2. The Bertz CT molecular complexity index is 713. The van der Waals surface area contributed by atoms with Crippen LogP contribution in [-0.4, -0.2) is 68.4 Å². The minimum Gasteiger partial charge on any atom is -0.467 e. The van der Waals surface area contributed by atoms with E-state index in [0.717, 1.165) is 12.8 Å². The van der Waals surface area contributed by atoms with Crippen LogP contribution in [0.3, 0.4) is 0 Å². The standard InChI is InChI=1S/C23H37NO7/c1-13(2)8-9-16-22(5,31-16)19-18(27-6)15(10-11-23(19)12-29-23)30-21(26)24-17(14(3)4)20(25)28-7/h8,14-19H,9-12H2,1-7H3,(H,24,26)/t15-,16-,17+,18-,19-,22?,23+/m1/s1. The van der Waals surface area contributed by atoms with Crippen LogP contribution in [-0.2, 0) is 28.5 Å². The fourth-order valence-electron chi connectivity index (χ4n) is 4.99. The number of carbonyl (C=O) groups is 2. The number of ether oxygens (including phenoxy) is 5. The van der Waals surface area contributed by atoms with Crippen LogP contribution in [0.2, 0.25) is 0 Å². The Morgan fingerprint density at radius 2 is 1.94 bits per heavy atom. The van der Waals surface area contributed by atoms with E-state index in [-0.39, 0.29) is 29.6 Å². The molecule has 1 aliphatic carbocycles. The van der Waals surface area contributed by atoms with Crippen LogP contribution in [0.1, 0.15) is 53.9 Å². The lowest BCUT2D eigenvalue weighted by Gasteiger charge is -2.42. The van der Waals surface area contributed by atoms with Gasteiger partial charge < -0.3 is 29.0 Å². The van der Waals surface area contributed by atoms with Gasteiger partial charge >= 0.3 is 12.1 Å². The largest absolute Gasteiger partial charge is 0.467 e. The summed E-state index contributed by atoms with van der Waals surface area (Å²) in [6, 6.07) is -0.770. The number of hydrogen-bond acceptors (Lipinski definition) is 7. The molecule has 1 unspecified atom stereocenters. The van der Waals surface area contributed by atoms with Gasteiger partial charge in [0, 0.05) is 7.11 Å². The van der Waals surface area contributed by atoms with Crippen LogP contribution in [0.5, 0.6) is 0 Å². The third kappa shape index (κ3) is 4.91. The Labute approximate surface area is 185 Å². The average molecular weight is 440 g/mol. The summed E-state index contributed by atoms with van der Waals surface area (Å²) in [5.74, 6) is -0.674. The van der Waals surface area contributed by atoms with Gasteiger partial charge in [-0.2, -0.15) is 0 Å². The second kappa shape index (κ2) is 9.08. The number of alkyl carbamates (subject to hydrolysis) is 1. The fourth-order valence-corrected chi connectivity index (χ4v) is 4.99. The van der Waals surface area contributed by atoms with Crippen LogP contribution in [0, 0.1) is 11.8 Å². The molecule has 2 heterocycles. The molecular weight excluding hydrogens is 402 g/mol. The van der Waals surface area contributed by atoms with Crippen molar-refractivity contribution in [1.29, 1.82) is 0 Å². The van der Waals surface area contributed by atoms with Gasteiger partial charge in [0.05, 0.1) is 25.7 Å². The summed E-state index contributed by atoms with van der Waals surface area (Å²) in [5.41, 5.74) is 0.580. The molecule has 8 heteroatoms. The molecule has 31 heavy (non-hydrogen) atoms. The average Bonchev–Trinajstić information content (AvgIpc) is 3.62. The first-order chi connectivity index (χ1) is 14.6. The van der Waals surface area contributed by atoms with E-state index in [0.29, 0.717) is 13.0 Å². The number of nitrogens with one attached hydrogen (secondary N) is 1. The quantitative estimate of drug-likeness (QED) is 0.353. The molecule has 1 saturated carbocycles. The first-order valence-corrected chi connectivity index (χ1v) is 11.1. The number of carbonyl (C=O) groups excluding carboxylic acids is 2. The summed E-state index contributed by atoms with van der Waals surface area (Å²) in [6.45, 7) is 10.6. The van der Waals surface area contributed by atoms with Crippen molar-refractivity contribution in [3.63, 3.8) is 0 Å². The summed E-state index contributed by atoms with van der Waals surface area (Å²) in [6.07, 6.45) is 3.04. The van der Waals surface area contributed by atoms with Crippen molar-refractivity contribution in [3.05, 3.63) is 11.6 Å². The lowest BCUT2D eigenvalue weighted by Crippen LogP contribution is -2.56. The van der Waals surface area contributed by atoms with E-state index in [1.54, 1.807) is 7.11 Å². The Balaban J connectivity index is 1.71. The molecule has 2 saturated heterocycles. The molecule has 0 aromatic rings. The van der Waals surface area contributed by atoms with Crippen molar-refractivity contribution in [2.45, 2.75) is 89.4 Å². The summed E-state index contributed by atoms with van der Waals surface area (Å²) in [7, 11) is 2.93. The molecule has 0 bridgehead atoms. The van der Waals surface area contributed by atoms with Crippen LogP contribution in [0.25, 0.3) is 0 Å². The van der Waals surface area contributed by atoms with Crippen molar-refractivity contribution in [2.75, 3.05) is 20.8 Å². The van der Waals surface area contributed by atoms with E-state index in [1.807, 2.05) is 13.8 Å². The first kappa shape index (κ1) is 24.0. The van der Waals surface area contributed by atoms with E-state index in [1.165, 1.54) is 12.7 Å². The number of amides is 1. The second-order valence-electron chi connectivity index (χ2n) is 9.71. The predicted octanol–water partition coefficient (Wildman–Crippen LogP) is 2.99. The lowest BCUT2D eigenvalue weighted by atomic mass is 9.68. The zero-order valence-electron chi connectivity index (χ0n) is 19.7. The summed E-state index contributed by atoms with van der Waals surface area (Å²) >= 11 is 0. The normalized spacial score (nSPS) is 37.2. The first-order valence-electron chi connectivity index (χ1n) is 11.1. The maximum absolute atomic E-state index is 12.6. The van der Waals surface area contributed by atoms with Gasteiger partial charge in [-0.25, -0.2) is 9.59 Å². The van der Waals surface area contributed by atoms with Gasteiger partial charge in [-0.15, -0.1) is 0 Å². The van der Waals surface area contributed by atoms with E-state index in [9.17, 15) is 9.59 Å². The van der Waals surface area contributed by atoms with Gasteiger partial charge in [-0.1, -0.05) is 25.5 Å². The zero-order chi connectivity index (χ0) is 23.0. The SMILES string of the molecule is COC(=O)[C@@H](NC(=O)O[C@@H]1CC[C@]2(CO2)[C@@H](C2(C)O[C@@H]2CC=C(C)C)[C@@H]1OC)C(C)C. The summed E-state index contributed by atoms with van der Waals surface area (Å²) < 4.78 is 28.5. The van der Waals surface area contributed by atoms with Gasteiger partial charge in [-0.05, 0) is 46.0 Å². The van der Waals surface area contributed by atoms with E-state index >= 15 is 0 Å². The molecule has 3 aliphatic rings. The van der Waals surface area contributed by atoms with Crippen molar-refractivity contribution >= 4 is 12.1 Å². The van der Waals surface area contributed by atoms with Crippen molar-refractivity contribution in [2.24, 2.45) is 11.8 Å². The van der Waals surface area contributed by atoms with Gasteiger partial charge in [0.15, 0.2) is 0 Å². The Hall–Kier alpha value is -1.64. The minimum absolute atomic E-state index is 0.0476. The molecule has 0 aromatic carbocycles. The molecule has 0 radical (unpaired) electrons. The third-order valence-corrected chi connectivity index (χ3v) is 6.89. The maximum Gasteiger partial charge on any atom is 0.408 e. The monoisotopic (exact) mass is 439 g/mol. The zero-order valence-corrected chi connectivity index (χ0v) is 19.7. The number of rotatable bonds is 8. The highest BCUT2D eigenvalue weighted by Crippen LogP contribution is 2.59. The van der Waals surface area contributed by atoms with Crippen LogP contribution in [0.4, 0.5) is 4.79 Å². The minimum atomic E-state index is -0.770.